The Morgan fingerprint density at radius 2 is 1.61 bits per heavy atom. The summed E-state index contributed by atoms with van der Waals surface area (Å²) in [5.41, 5.74) is 1.27. The Balaban J connectivity index is -0.0000000852. The molecule has 0 unspecified atom stereocenters. The van der Waals surface area contributed by atoms with E-state index in [2.05, 4.69) is 26.5 Å². The number of benzene rings is 1. The van der Waals surface area contributed by atoms with E-state index in [1.165, 1.54) is 50.6 Å². The molecule has 0 amide bonds. The minimum Gasteiger partial charge on any atom is -1.00 e. The Hall–Kier alpha value is 0.620. The maximum Gasteiger partial charge on any atom is 1.00 e. The van der Waals surface area contributed by atoms with Gasteiger partial charge >= 0.3 is 29.6 Å². The molecular weight excluding hydrogens is 449 g/mol. The molecule has 184 valence electrons. The number of aliphatic hydroxyl groups excluding tert-OH is 2. The fourth-order valence-electron chi connectivity index (χ4n) is 2.10. The fraction of sp³-hybridized carbons (Fsp3) is 0.727. The molecule has 2 rings (SSSR count). The predicted octanol–water partition coefficient (Wildman–Crippen LogP) is 2.82. The summed E-state index contributed by atoms with van der Waals surface area (Å²) in [7, 11) is 1.40. The van der Waals surface area contributed by atoms with Crippen LogP contribution in [-0.4, -0.2) is 49.4 Å². The Morgan fingerprint density at radius 1 is 1.06 bits per heavy atom. The zero-order valence-corrected chi connectivity index (χ0v) is 20.9. The molecule has 0 aliphatic carbocycles. The molecule has 1 heterocycles. The number of rotatable bonds is 9. The van der Waals surface area contributed by atoms with E-state index in [9.17, 15) is 0 Å². The molecule has 1 aromatic carbocycles. The Labute approximate surface area is 224 Å². The van der Waals surface area contributed by atoms with Crippen LogP contribution in [0.2, 0.25) is 5.02 Å². The van der Waals surface area contributed by atoms with Gasteiger partial charge in [0.1, 0.15) is 0 Å². The third-order valence-corrected chi connectivity index (χ3v) is 4.55. The van der Waals surface area contributed by atoms with Crippen LogP contribution in [0.3, 0.4) is 0 Å². The van der Waals surface area contributed by atoms with Crippen molar-refractivity contribution in [3.63, 3.8) is 0 Å². The van der Waals surface area contributed by atoms with Crippen LogP contribution in [0.25, 0.3) is 0 Å². The third kappa shape index (κ3) is 30.6. The van der Waals surface area contributed by atoms with Gasteiger partial charge in [-0.05, 0) is 68.8 Å². The Morgan fingerprint density at radius 3 is 2.00 bits per heavy atom. The van der Waals surface area contributed by atoms with E-state index in [-0.39, 0.29) is 66.5 Å². The van der Waals surface area contributed by atoms with Gasteiger partial charge in [0.15, 0.2) is 0 Å². The van der Waals surface area contributed by atoms with Crippen LogP contribution in [0.4, 0.5) is 0 Å². The standard InChI is InChI=1S/C10H13ClO3S.C6H13N.C3H8O2.3CH4.Na.H/c1-12-13-14-15-8-2-3-9-4-6-10(11)7-5-9;1-6-2-4-7-5-3-6;4-2-1-3-5;;;;;/h4-7H,2-3,8H2,1H3;6-7H,2-5H2,1H3;4-5H,1-3H2;3*1H4;;/q;;;;;;+1;-1. The maximum atomic E-state index is 7.91. The summed E-state index contributed by atoms with van der Waals surface area (Å²) in [6.07, 6.45) is 5.26. The molecule has 0 atom stereocenters. The van der Waals surface area contributed by atoms with Crippen LogP contribution in [0, 0.1) is 5.92 Å². The van der Waals surface area contributed by atoms with E-state index < -0.39 is 0 Å². The van der Waals surface area contributed by atoms with Crippen molar-refractivity contribution in [1.82, 2.24) is 5.32 Å². The first-order chi connectivity index (χ1) is 13.1. The zero-order valence-electron chi connectivity index (χ0n) is 18.4. The third-order valence-electron chi connectivity index (χ3n) is 3.69. The molecule has 1 saturated heterocycles. The number of aryl methyl sites for hydroxylation is 1. The second-order valence-corrected chi connectivity index (χ2v) is 7.30. The normalized spacial score (nSPS) is 12.2. The first-order valence-electron chi connectivity index (χ1n) is 9.29. The van der Waals surface area contributed by atoms with Crippen LogP contribution < -0.4 is 34.9 Å². The summed E-state index contributed by atoms with van der Waals surface area (Å²) in [5, 5.41) is 24.1. The molecule has 0 radical (unpaired) electrons. The second-order valence-electron chi connectivity index (χ2n) is 6.09. The summed E-state index contributed by atoms with van der Waals surface area (Å²) in [6.45, 7) is 4.98. The molecule has 1 aromatic rings. The molecule has 1 aliphatic rings. The molecule has 9 heteroatoms. The molecule has 3 N–H and O–H groups in total. The Bertz CT molecular complexity index is 431. The molecule has 0 aromatic heterocycles. The van der Waals surface area contributed by atoms with E-state index in [0.29, 0.717) is 6.42 Å². The molecule has 0 saturated carbocycles. The summed E-state index contributed by atoms with van der Waals surface area (Å²) < 4.78 is 4.61. The summed E-state index contributed by atoms with van der Waals surface area (Å²) in [6, 6.07) is 7.85. The van der Waals surface area contributed by atoms with Gasteiger partial charge in [0.25, 0.3) is 0 Å². The first kappa shape index (κ1) is 41.8. The van der Waals surface area contributed by atoms with Gasteiger partial charge in [-0.15, -0.1) is 4.33 Å². The van der Waals surface area contributed by atoms with E-state index in [1.54, 1.807) is 0 Å². The molecule has 0 bridgehead atoms. The molecular formula is C22H47ClNNaO5S. The number of piperidine rings is 1. The predicted molar refractivity (Wildman–Crippen MR) is 133 cm³/mol. The van der Waals surface area contributed by atoms with Crippen molar-refractivity contribution in [1.29, 1.82) is 0 Å². The molecule has 1 fully saturated rings. The van der Waals surface area contributed by atoms with Crippen molar-refractivity contribution in [2.24, 2.45) is 5.92 Å². The summed E-state index contributed by atoms with van der Waals surface area (Å²) in [4.78, 5) is 4.26. The van der Waals surface area contributed by atoms with Crippen LogP contribution in [-0.2, 0) is 20.7 Å². The minimum atomic E-state index is 0. The number of aliphatic hydroxyl groups is 2. The number of hydrogen-bond acceptors (Lipinski definition) is 7. The summed E-state index contributed by atoms with van der Waals surface area (Å²) >= 11 is 7.00. The van der Waals surface area contributed by atoms with Crippen molar-refractivity contribution >= 4 is 23.6 Å². The van der Waals surface area contributed by atoms with Crippen LogP contribution >= 0.6 is 23.6 Å². The van der Waals surface area contributed by atoms with Crippen molar-refractivity contribution < 1.29 is 55.5 Å². The van der Waals surface area contributed by atoms with Gasteiger partial charge in [0.2, 0.25) is 0 Å². The average Bonchev–Trinajstić information content (AvgIpc) is 2.68. The van der Waals surface area contributed by atoms with Gasteiger partial charge < -0.3 is 17.0 Å². The quantitative estimate of drug-likeness (QED) is 0.160. The minimum absolute atomic E-state index is 0. The van der Waals surface area contributed by atoms with E-state index in [0.717, 1.165) is 29.5 Å². The van der Waals surface area contributed by atoms with Crippen molar-refractivity contribution in [2.45, 2.75) is 61.3 Å². The average molecular weight is 496 g/mol. The Kier molecular flexibility index (Phi) is 44.3. The monoisotopic (exact) mass is 495 g/mol. The molecule has 1 aliphatic heterocycles. The zero-order chi connectivity index (χ0) is 20.2. The largest absolute Gasteiger partial charge is 1.00 e. The SMILES string of the molecule is C.C.C.CC1CCNCC1.COOOSCCCc1ccc(Cl)cc1.OCCCO.[H-].[Na+]. The van der Waals surface area contributed by atoms with Crippen molar-refractivity contribution in [3.05, 3.63) is 34.9 Å². The maximum absolute atomic E-state index is 7.91. The smallest absolute Gasteiger partial charge is 1.00 e. The van der Waals surface area contributed by atoms with E-state index in [1.807, 2.05) is 24.3 Å². The molecule has 31 heavy (non-hydrogen) atoms. The van der Waals surface area contributed by atoms with Gasteiger partial charge in [-0.2, -0.15) is 0 Å². The second kappa shape index (κ2) is 32.8. The molecule has 0 spiro atoms. The van der Waals surface area contributed by atoms with Gasteiger partial charge in [0.05, 0.1) is 7.11 Å². The fourth-order valence-corrected chi connectivity index (χ4v) is 2.66. The van der Waals surface area contributed by atoms with Gasteiger partial charge in [-0.25, -0.2) is 4.89 Å². The topological polar surface area (TPSA) is 80.2 Å². The number of nitrogens with one attached hydrogen (secondary N) is 1. The van der Waals surface area contributed by atoms with Gasteiger partial charge in [-0.3, -0.25) is 0 Å². The summed E-state index contributed by atoms with van der Waals surface area (Å²) in [5.74, 6) is 1.83. The van der Waals surface area contributed by atoms with Crippen molar-refractivity contribution in [3.8, 4) is 0 Å². The number of halogens is 1. The van der Waals surface area contributed by atoms with Crippen LogP contribution in [0.15, 0.2) is 24.3 Å². The van der Waals surface area contributed by atoms with Gasteiger partial charge in [0, 0.05) is 36.0 Å². The van der Waals surface area contributed by atoms with Crippen LogP contribution in [0.5, 0.6) is 0 Å². The first-order valence-corrected chi connectivity index (χ1v) is 10.6. The van der Waals surface area contributed by atoms with Crippen LogP contribution in [0.1, 0.15) is 61.9 Å². The van der Waals surface area contributed by atoms with Crippen molar-refractivity contribution in [2.75, 3.05) is 39.2 Å². The molecule has 6 nitrogen and oxygen atoms in total. The van der Waals surface area contributed by atoms with E-state index in [4.69, 9.17) is 21.8 Å². The number of hydrogen-bond donors (Lipinski definition) is 3. The van der Waals surface area contributed by atoms with E-state index >= 15 is 0 Å². The van der Waals surface area contributed by atoms with Gasteiger partial charge in [-0.1, -0.05) is 58.0 Å².